The first-order valence-corrected chi connectivity index (χ1v) is 7.91. The lowest BCUT2D eigenvalue weighted by Gasteiger charge is -2.34. The molecule has 0 spiro atoms. The van der Waals surface area contributed by atoms with Crippen molar-refractivity contribution in [3.63, 3.8) is 0 Å². The Morgan fingerprint density at radius 3 is 3.05 bits per heavy atom. The van der Waals surface area contributed by atoms with E-state index in [0.29, 0.717) is 6.54 Å². The monoisotopic (exact) mass is 302 g/mol. The number of rotatable bonds is 4. The van der Waals surface area contributed by atoms with E-state index in [2.05, 4.69) is 10.1 Å². The smallest absolute Gasteiger partial charge is 0.243 e. The van der Waals surface area contributed by atoms with Crippen molar-refractivity contribution >= 4 is 5.91 Å². The van der Waals surface area contributed by atoms with Gasteiger partial charge in [0.25, 0.3) is 0 Å². The molecule has 22 heavy (non-hydrogen) atoms. The summed E-state index contributed by atoms with van der Waals surface area (Å²) >= 11 is 0. The minimum atomic E-state index is 0.0345. The van der Waals surface area contributed by atoms with E-state index in [1.165, 1.54) is 0 Å². The van der Waals surface area contributed by atoms with Gasteiger partial charge in [-0.25, -0.2) is 4.98 Å². The van der Waals surface area contributed by atoms with E-state index in [9.17, 15) is 4.79 Å². The fraction of sp³-hybridized carbons (Fsp3) is 0.562. The Bertz CT molecular complexity index is 646. The van der Waals surface area contributed by atoms with Gasteiger partial charge in [-0.1, -0.05) is 12.1 Å². The lowest BCUT2D eigenvalue weighted by molar-refractivity contribution is -0.135. The molecule has 1 fully saturated rings. The zero-order valence-electron chi connectivity index (χ0n) is 13.2. The highest BCUT2D eigenvalue weighted by Crippen LogP contribution is 2.30. The molecule has 1 atom stereocenters. The van der Waals surface area contributed by atoms with Gasteiger partial charge in [-0.15, -0.1) is 0 Å². The van der Waals surface area contributed by atoms with Gasteiger partial charge in [-0.3, -0.25) is 4.79 Å². The van der Waals surface area contributed by atoms with Crippen molar-refractivity contribution in [2.75, 3.05) is 6.54 Å². The number of carbonyl (C=O) groups excluding carboxylic acids is 1. The average Bonchev–Trinajstić information content (AvgIpc) is 3.16. The van der Waals surface area contributed by atoms with Crippen molar-refractivity contribution in [2.45, 2.75) is 52.1 Å². The Labute approximate surface area is 130 Å². The highest BCUT2D eigenvalue weighted by molar-refractivity contribution is 5.76. The number of aryl methyl sites for hydroxylation is 2. The maximum absolute atomic E-state index is 12.7. The van der Waals surface area contributed by atoms with Gasteiger partial charge in [-0.2, -0.15) is 0 Å². The van der Waals surface area contributed by atoms with Crippen LogP contribution in [0.2, 0.25) is 0 Å². The van der Waals surface area contributed by atoms with Gasteiger partial charge in [0.2, 0.25) is 5.91 Å². The van der Waals surface area contributed by atoms with Crippen LogP contribution in [0.15, 0.2) is 23.0 Å². The van der Waals surface area contributed by atoms with E-state index < -0.39 is 0 Å². The molecule has 1 amide bonds. The molecule has 0 aromatic carbocycles. The Balaban J connectivity index is 1.77. The Hall–Kier alpha value is -2.11. The first-order chi connectivity index (χ1) is 10.7. The van der Waals surface area contributed by atoms with Gasteiger partial charge in [-0.05, 0) is 26.2 Å². The first kappa shape index (κ1) is 14.8. The van der Waals surface area contributed by atoms with Crippen LogP contribution in [0.5, 0.6) is 0 Å². The molecule has 0 N–H and O–H groups in total. The van der Waals surface area contributed by atoms with Gasteiger partial charge >= 0.3 is 0 Å². The summed E-state index contributed by atoms with van der Waals surface area (Å²) in [6, 6.07) is 1.97. The second-order valence-electron chi connectivity index (χ2n) is 5.79. The van der Waals surface area contributed by atoms with E-state index in [-0.39, 0.29) is 11.9 Å². The molecule has 6 heteroatoms. The van der Waals surface area contributed by atoms with Crippen LogP contribution in [0.25, 0.3) is 0 Å². The van der Waals surface area contributed by atoms with Gasteiger partial charge in [0.15, 0.2) is 0 Å². The van der Waals surface area contributed by atoms with Crippen molar-refractivity contribution in [2.24, 2.45) is 0 Å². The zero-order chi connectivity index (χ0) is 15.5. The largest absolute Gasteiger partial charge is 0.361 e. The Morgan fingerprint density at radius 2 is 2.32 bits per heavy atom. The molecule has 0 radical (unpaired) electrons. The molecule has 0 saturated carbocycles. The summed E-state index contributed by atoms with van der Waals surface area (Å²) in [5, 5.41) is 4.11. The minimum absolute atomic E-state index is 0.0345. The molecule has 2 aromatic rings. The van der Waals surface area contributed by atoms with E-state index in [4.69, 9.17) is 4.52 Å². The Morgan fingerprint density at radius 1 is 1.45 bits per heavy atom. The van der Waals surface area contributed by atoms with Gasteiger partial charge < -0.3 is 14.0 Å². The van der Waals surface area contributed by atoms with Crippen molar-refractivity contribution in [3.05, 3.63) is 35.7 Å². The topological polar surface area (TPSA) is 64.2 Å². The van der Waals surface area contributed by atoms with Crippen LogP contribution >= 0.6 is 0 Å². The third-order valence-corrected chi connectivity index (χ3v) is 4.23. The molecule has 0 bridgehead atoms. The number of piperidine rings is 1. The van der Waals surface area contributed by atoms with Gasteiger partial charge in [0.05, 0.1) is 6.04 Å². The number of amides is 1. The summed E-state index contributed by atoms with van der Waals surface area (Å²) in [4.78, 5) is 19.0. The van der Waals surface area contributed by atoms with Crippen LogP contribution in [0, 0.1) is 6.92 Å². The first-order valence-electron chi connectivity index (χ1n) is 7.91. The summed E-state index contributed by atoms with van der Waals surface area (Å²) in [5.41, 5.74) is 0.867. The number of likely N-dealkylation sites (tertiary alicyclic amines) is 1. The third kappa shape index (κ3) is 2.91. The molecule has 0 aliphatic carbocycles. The normalized spacial score (nSPS) is 18.6. The number of nitrogens with zero attached hydrogens (tertiary/aromatic N) is 4. The molecular formula is C16H22N4O2. The second kappa shape index (κ2) is 6.34. The number of aromatic nitrogens is 3. The molecule has 2 aromatic heterocycles. The molecule has 1 saturated heterocycles. The summed E-state index contributed by atoms with van der Waals surface area (Å²) < 4.78 is 7.12. The average molecular weight is 302 g/mol. The highest BCUT2D eigenvalue weighted by Gasteiger charge is 2.30. The molecule has 1 aliphatic heterocycles. The summed E-state index contributed by atoms with van der Waals surface area (Å²) in [7, 11) is 0. The molecule has 6 nitrogen and oxygen atoms in total. The second-order valence-corrected chi connectivity index (χ2v) is 5.79. The van der Waals surface area contributed by atoms with Crippen LogP contribution in [-0.2, 0) is 17.8 Å². The summed E-state index contributed by atoms with van der Waals surface area (Å²) in [6.07, 6.45) is 7.56. The molecule has 0 unspecified atom stereocenters. The number of imidazole rings is 1. The maximum Gasteiger partial charge on any atom is 0.243 e. The Kier molecular flexibility index (Phi) is 4.27. The molecular weight excluding hydrogens is 280 g/mol. The SMILES string of the molecule is CCc1nccn1CC(=O)N1CCCC[C@H]1c1cc(C)on1. The van der Waals surface area contributed by atoms with Crippen molar-refractivity contribution in [1.82, 2.24) is 19.6 Å². The van der Waals surface area contributed by atoms with Crippen LogP contribution in [-0.4, -0.2) is 32.1 Å². The lowest BCUT2D eigenvalue weighted by atomic mass is 9.99. The van der Waals surface area contributed by atoms with Crippen LogP contribution in [0.4, 0.5) is 0 Å². The summed E-state index contributed by atoms with van der Waals surface area (Å²) in [6.45, 7) is 5.05. The van der Waals surface area contributed by atoms with E-state index in [0.717, 1.165) is 49.5 Å². The van der Waals surface area contributed by atoms with Crippen molar-refractivity contribution in [3.8, 4) is 0 Å². The standard InChI is InChI=1S/C16H22N4O2/c1-3-15-17-7-9-19(15)11-16(21)20-8-5-4-6-14(20)13-10-12(2)22-18-13/h7,9-10,14H,3-6,8,11H2,1-2H3/t14-/m0/s1. The quantitative estimate of drug-likeness (QED) is 0.870. The predicted octanol–water partition coefficient (Wildman–Crippen LogP) is 2.50. The molecule has 118 valence electrons. The number of hydrogen-bond acceptors (Lipinski definition) is 4. The van der Waals surface area contributed by atoms with Gasteiger partial charge in [0, 0.05) is 31.4 Å². The number of hydrogen-bond donors (Lipinski definition) is 0. The van der Waals surface area contributed by atoms with Crippen molar-refractivity contribution < 1.29 is 9.32 Å². The molecule has 3 rings (SSSR count). The zero-order valence-corrected chi connectivity index (χ0v) is 13.2. The van der Waals surface area contributed by atoms with Crippen LogP contribution < -0.4 is 0 Å². The fourth-order valence-electron chi connectivity index (χ4n) is 3.12. The van der Waals surface area contributed by atoms with E-state index >= 15 is 0 Å². The maximum atomic E-state index is 12.7. The fourth-order valence-corrected chi connectivity index (χ4v) is 3.12. The van der Waals surface area contributed by atoms with E-state index in [1.807, 2.05) is 35.6 Å². The highest BCUT2D eigenvalue weighted by atomic mass is 16.5. The van der Waals surface area contributed by atoms with Crippen molar-refractivity contribution in [1.29, 1.82) is 0 Å². The van der Waals surface area contributed by atoms with Gasteiger partial charge in [0.1, 0.15) is 23.8 Å². The van der Waals surface area contributed by atoms with Crippen LogP contribution in [0.1, 0.15) is 49.5 Å². The molecule has 3 heterocycles. The van der Waals surface area contributed by atoms with E-state index in [1.54, 1.807) is 6.20 Å². The lowest BCUT2D eigenvalue weighted by Crippen LogP contribution is -2.40. The number of carbonyl (C=O) groups is 1. The van der Waals surface area contributed by atoms with Crippen LogP contribution in [0.3, 0.4) is 0 Å². The minimum Gasteiger partial charge on any atom is -0.361 e. The predicted molar refractivity (Wildman–Crippen MR) is 81.2 cm³/mol. The molecule has 1 aliphatic rings. The summed E-state index contributed by atoms with van der Waals surface area (Å²) in [5.74, 6) is 1.85. The third-order valence-electron chi connectivity index (χ3n) is 4.23.